The number of benzene rings is 1. The van der Waals surface area contributed by atoms with E-state index in [4.69, 9.17) is 4.52 Å². The van der Waals surface area contributed by atoms with Crippen LogP contribution in [0.25, 0.3) is 11.4 Å². The summed E-state index contributed by atoms with van der Waals surface area (Å²) in [7, 11) is 2.23. The van der Waals surface area contributed by atoms with E-state index in [0.717, 1.165) is 44.5 Å². The van der Waals surface area contributed by atoms with E-state index in [-0.39, 0.29) is 5.54 Å². The van der Waals surface area contributed by atoms with Crippen LogP contribution in [0.5, 0.6) is 0 Å². The minimum absolute atomic E-state index is 0.0636. The highest BCUT2D eigenvalue weighted by atomic mass is 16.5. The van der Waals surface area contributed by atoms with Gasteiger partial charge in [0.2, 0.25) is 11.7 Å². The normalized spacial score (nSPS) is 20.0. The van der Waals surface area contributed by atoms with E-state index >= 15 is 0 Å². The van der Waals surface area contributed by atoms with Crippen LogP contribution in [0.2, 0.25) is 0 Å². The SMILES string of the molecule is CN1CCc2[nH]cnc2C12CCN(Cc1nc(-c3ccccc3)no1)CC2. The summed E-state index contributed by atoms with van der Waals surface area (Å²) in [5.41, 5.74) is 3.61. The van der Waals surface area contributed by atoms with E-state index in [9.17, 15) is 0 Å². The maximum absolute atomic E-state index is 5.49. The van der Waals surface area contributed by atoms with Crippen LogP contribution >= 0.6 is 0 Å². The molecule has 2 aliphatic heterocycles. The van der Waals surface area contributed by atoms with Crippen molar-refractivity contribution in [1.82, 2.24) is 29.9 Å². The molecule has 7 nitrogen and oxygen atoms in total. The van der Waals surface area contributed by atoms with E-state index < -0.39 is 0 Å². The molecule has 5 rings (SSSR count). The lowest BCUT2D eigenvalue weighted by Crippen LogP contribution is -2.54. The second-order valence-electron chi connectivity index (χ2n) is 7.59. The quantitative estimate of drug-likeness (QED) is 0.769. The van der Waals surface area contributed by atoms with Crippen molar-refractivity contribution in [2.45, 2.75) is 31.3 Å². The zero-order chi connectivity index (χ0) is 18.3. The van der Waals surface area contributed by atoms with E-state index in [2.05, 4.69) is 37.0 Å². The average molecular weight is 364 g/mol. The van der Waals surface area contributed by atoms with Gasteiger partial charge in [0.1, 0.15) is 0 Å². The Balaban J connectivity index is 1.28. The molecule has 1 aromatic carbocycles. The van der Waals surface area contributed by atoms with Crippen molar-refractivity contribution < 1.29 is 4.52 Å². The van der Waals surface area contributed by atoms with Crippen molar-refractivity contribution in [2.75, 3.05) is 26.7 Å². The molecule has 1 spiro atoms. The van der Waals surface area contributed by atoms with Gasteiger partial charge in [0.05, 0.1) is 24.1 Å². The van der Waals surface area contributed by atoms with Gasteiger partial charge in [0, 0.05) is 37.3 Å². The molecule has 0 amide bonds. The molecule has 0 unspecified atom stereocenters. The van der Waals surface area contributed by atoms with Crippen LogP contribution in [0, 0.1) is 0 Å². The van der Waals surface area contributed by atoms with Crippen molar-refractivity contribution >= 4 is 0 Å². The molecule has 3 aromatic rings. The molecule has 140 valence electrons. The standard InChI is InChI=1S/C20H24N6O/c1-25-10-7-16-18(22-14-21-16)20(25)8-11-26(12-9-20)13-17-23-19(24-27-17)15-5-3-2-4-6-15/h2-6,14H,7-13H2,1H3,(H,21,22). The highest BCUT2D eigenvalue weighted by Gasteiger charge is 2.45. The number of imidazole rings is 1. The van der Waals surface area contributed by atoms with Gasteiger partial charge in [0.25, 0.3) is 0 Å². The van der Waals surface area contributed by atoms with Gasteiger partial charge in [-0.25, -0.2) is 4.98 Å². The van der Waals surface area contributed by atoms with Crippen molar-refractivity contribution in [3.8, 4) is 11.4 Å². The molecule has 0 saturated carbocycles. The lowest BCUT2D eigenvalue weighted by molar-refractivity contribution is 0.0193. The van der Waals surface area contributed by atoms with Crippen LogP contribution in [0.3, 0.4) is 0 Å². The van der Waals surface area contributed by atoms with Crippen molar-refractivity contribution in [2.24, 2.45) is 0 Å². The van der Waals surface area contributed by atoms with E-state index in [1.165, 1.54) is 11.4 Å². The number of nitrogens with zero attached hydrogens (tertiary/aromatic N) is 5. The number of hydrogen-bond acceptors (Lipinski definition) is 6. The largest absolute Gasteiger partial charge is 0.348 e. The van der Waals surface area contributed by atoms with Gasteiger partial charge >= 0.3 is 0 Å². The Kier molecular flexibility index (Phi) is 4.06. The van der Waals surface area contributed by atoms with Crippen LogP contribution in [-0.2, 0) is 18.5 Å². The number of aromatic amines is 1. The first-order chi connectivity index (χ1) is 13.2. The maximum Gasteiger partial charge on any atom is 0.241 e. The second-order valence-corrected chi connectivity index (χ2v) is 7.59. The Morgan fingerprint density at radius 1 is 1.15 bits per heavy atom. The number of piperidine rings is 1. The van der Waals surface area contributed by atoms with E-state index in [0.29, 0.717) is 18.3 Å². The highest BCUT2D eigenvalue weighted by Crippen LogP contribution is 2.41. The van der Waals surface area contributed by atoms with Gasteiger partial charge in [-0.2, -0.15) is 4.98 Å². The number of likely N-dealkylation sites (tertiary alicyclic amines) is 1. The van der Waals surface area contributed by atoms with Gasteiger partial charge in [0.15, 0.2) is 0 Å². The molecule has 0 bridgehead atoms. The monoisotopic (exact) mass is 364 g/mol. The fraction of sp³-hybridized carbons (Fsp3) is 0.450. The minimum Gasteiger partial charge on any atom is -0.348 e. The number of hydrogen-bond donors (Lipinski definition) is 1. The zero-order valence-corrected chi connectivity index (χ0v) is 15.6. The van der Waals surface area contributed by atoms with Crippen molar-refractivity contribution in [3.63, 3.8) is 0 Å². The molecule has 1 N–H and O–H groups in total. The van der Waals surface area contributed by atoms with Crippen LogP contribution in [0.1, 0.15) is 30.1 Å². The summed E-state index contributed by atoms with van der Waals surface area (Å²) in [5, 5.41) is 4.13. The molecule has 2 aromatic heterocycles. The predicted molar refractivity (Wildman–Crippen MR) is 101 cm³/mol. The summed E-state index contributed by atoms with van der Waals surface area (Å²) < 4.78 is 5.49. The summed E-state index contributed by atoms with van der Waals surface area (Å²) in [5.74, 6) is 1.34. The molecule has 1 fully saturated rings. The topological polar surface area (TPSA) is 74.1 Å². The minimum atomic E-state index is 0.0636. The summed E-state index contributed by atoms with van der Waals surface area (Å²) >= 11 is 0. The smallest absolute Gasteiger partial charge is 0.241 e. The number of aromatic nitrogens is 4. The molecule has 2 aliphatic rings. The first kappa shape index (κ1) is 16.6. The molecule has 7 heteroatoms. The van der Waals surface area contributed by atoms with Crippen molar-refractivity contribution in [1.29, 1.82) is 0 Å². The molecule has 0 atom stereocenters. The summed E-state index contributed by atoms with van der Waals surface area (Å²) in [6.45, 7) is 3.78. The number of nitrogens with one attached hydrogen (secondary N) is 1. The Hall–Kier alpha value is -2.51. The van der Waals surface area contributed by atoms with E-state index in [1.54, 1.807) is 0 Å². The second kappa shape index (κ2) is 6.58. The summed E-state index contributed by atoms with van der Waals surface area (Å²) in [4.78, 5) is 17.5. The Morgan fingerprint density at radius 3 is 2.78 bits per heavy atom. The summed E-state index contributed by atoms with van der Waals surface area (Å²) in [6.07, 6.45) is 5.05. The fourth-order valence-electron chi connectivity index (χ4n) is 4.50. The third kappa shape index (κ3) is 2.87. The Bertz CT molecular complexity index is 909. The molecular formula is C20H24N6O. The highest BCUT2D eigenvalue weighted by molar-refractivity contribution is 5.53. The Labute approximate surface area is 158 Å². The van der Waals surface area contributed by atoms with Gasteiger partial charge in [-0.3, -0.25) is 9.80 Å². The molecule has 0 aliphatic carbocycles. The third-order valence-electron chi connectivity index (χ3n) is 6.13. The third-order valence-corrected chi connectivity index (χ3v) is 6.13. The number of fused-ring (bicyclic) bond motifs is 2. The number of rotatable bonds is 3. The van der Waals surface area contributed by atoms with Gasteiger partial charge in [-0.15, -0.1) is 0 Å². The van der Waals surface area contributed by atoms with Crippen LogP contribution in [-0.4, -0.2) is 56.6 Å². The maximum atomic E-state index is 5.49. The number of likely N-dealkylation sites (N-methyl/N-ethyl adjacent to an activating group) is 1. The molecule has 4 heterocycles. The summed E-state index contributed by atoms with van der Waals surface area (Å²) in [6, 6.07) is 9.96. The Morgan fingerprint density at radius 2 is 1.96 bits per heavy atom. The molecular weight excluding hydrogens is 340 g/mol. The lowest BCUT2D eigenvalue weighted by atomic mass is 9.79. The van der Waals surface area contributed by atoms with E-state index in [1.807, 2.05) is 36.7 Å². The van der Waals surface area contributed by atoms with Gasteiger partial charge in [-0.1, -0.05) is 35.5 Å². The molecule has 0 radical (unpaired) electrons. The first-order valence-electron chi connectivity index (χ1n) is 9.59. The fourth-order valence-corrected chi connectivity index (χ4v) is 4.50. The van der Waals surface area contributed by atoms with Crippen LogP contribution in [0.4, 0.5) is 0 Å². The number of H-pyrrole nitrogens is 1. The van der Waals surface area contributed by atoms with Crippen LogP contribution < -0.4 is 0 Å². The van der Waals surface area contributed by atoms with Gasteiger partial charge < -0.3 is 9.51 Å². The molecule has 27 heavy (non-hydrogen) atoms. The van der Waals surface area contributed by atoms with Crippen LogP contribution in [0.15, 0.2) is 41.2 Å². The van der Waals surface area contributed by atoms with Gasteiger partial charge in [-0.05, 0) is 19.9 Å². The van der Waals surface area contributed by atoms with Crippen molar-refractivity contribution in [3.05, 3.63) is 53.9 Å². The zero-order valence-electron chi connectivity index (χ0n) is 15.6. The first-order valence-corrected chi connectivity index (χ1v) is 9.59. The lowest BCUT2D eigenvalue weighted by Gasteiger charge is -2.49. The predicted octanol–water partition coefficient (Wildman–Crippen LogP) is 2.44. The average Bonchev–Trinajstić information content (AvgIpc) is 3.37. The molecule has 1 saturated heterocycles.